The summed E-state index contributed by atoms with van der Waals surface area (Å²) in [7, 11) is 0. The molecule has 0 aromatic heterocycles. The van der Waals surface area contributed by atoms with Crippen LogP contribution in [0.3, 0.4) is 0 Å². The number of hydrogen-bond donors (Lipinski definition) is 2. The molecule has 0 atom stereocenters. The Labute approximate surface area is 136 Å². The molecule has 0 aliphatic carbocycles. The summed E-state index contributed by atoms with van der Waals surface area (Å²) >= 11 is 0. The Morgan fingerprint density at radius 3 is 2.48 bits per heavy atom. The summed E-state index contributed by atoms with van der Waals surface area (Å²) in [5, 5.41) is 2.89. The molecule has 0 saturated heterocycles. The Balaban J connectivity index is 1.89. The van der Waals surface area contributed by atoms with Crippen molar-refractivity contribution in [3.63, 3.8) is 0 Å². The highest BCUT2D eigenvalue weighted by Gasteiger charge is 2.24. The molecule has 0 heterocycles. The molecule has 0 spiro atoms. The second-order valence-corrected chi connectivity index (χ2v) is 6.34. The molecular weight excluding hydrogens is 291 g/mol. The summed E-state index contributed by atoms with van der Waals surface area (Å²) in [5.41, 5.74) is 7.68. The molecule has 3 N–H and O–H groups in total. The molecule has 0 radical (unpaired) electrons. The average molecular weight is 314 g/mol. The number of carbonyl (C=O) groups excluding carboxylic acids is 1. The molecule has 3 nitrogen and oxygen atoms in total. The molecule has 2 rings (SSSR count). The molecule has 0 unspecified atom stereocenters. The predicted octanol–water partition coefficient (Wildman–Crippen LogP) is 3.43. The number of anilines is 1. The fourth-order valence-corrected chi connectivity index (χ4v) is 2.52. The first-order valence-electron chi connectivity index (χ1n) is 7.75. The van der Waals surface area contributed by atoms with Crippen molar-refractivity contribution in [3.8, 4) is 0 Å². The summed E-state index contributed by atoms with van der Waals surface area (Å²) in [6, 6.07) is 14.2. The van der Waals surface area contributed by atoms with Crippen LogP contribution in [0.25, 0.3) is 0 Å². The third kappa shape index (κ3) is 4.55. The van der Waals surface area contributed by atoms with Crippen LogP contribution in [0.5, 0.6) is 0 Å². The molecule has 23 heavy (non-hydrogen) atoms. The number of rotatable bonds is 6. The number of carbonyl (C=O) groups is 1. The number of nitrogens with two attached hydrogens (primary N) is 1. The van der Waals surface area contributed by atoms with Crippen molar-refractivity contribution >= 4 is 11.6 Å². The van der Waals surface area contributed by atoms with Gasteiger partial charge in [0, 0.05) is 24.1 Å². The van der Waals surface area contributed by atoms with Crippen molar-refractivity contribution in [1.29, 1.82) is 0 Å². The minimum atomic E-state index is -0.465. The van der Waals surface area contributed by atoms with Crippen LogP contribution in [0, 0.1) is 5.82 Å². The Hall–Kier alpha value is -2.36. The lowest BCUT2D eigenvalue weighted by atomic mass is 9.84. The van der Waals surface area contributed by atoms with Crippen LogP contribution in [0.15, 0.2) is 48.5 Å². The number of aryl methyl sites for hydroxylation is 1. The number of nitrogens with one attached hydrogen (secondary N) is 1. The highest BCUT2D eigenvalue weighted by Crippen LogP contribution is 2.24. The van der Waals surface area contributed by atoms with Gasteiger partial charge in [-0.15, -0.1) is 0 Å². The van der Waals surface area contributed by atoms with Crippen LogP contribution in [0.4, 0.5) is 10.1 Å². The van der Waals surface area contributed by atoms with Crippen molar-refractivity contribution in [2.75, 3.05) is 12.3 Å². The maximum atomic E-state index is 13.9. The minimum Gasteiger partial charge on any atom is -0.399 e. The fourth-order valence-electron chi connectivity index (χ4n) is 2.52. The summed E-state index contributed by atoms with van der Waals surface area (Å²) in [4.78, 5) is 12.0. The molecular formula is C19H23FN2O. The molecule has 0 fully saturated rings. The van der Waals surface area contributed by atoms with Gasteiger partial charge in [0.15, 0.2) is 0 Å². The van der Waals surface area contributed by atoms with Gasteiger partial charge in [-0.05, 0) is 29.7 Å². The highest BCUT2D eigenvalue weighted by atomic mass is 19.1. The average Bonchev–Trinajstić information content (AvgIpc) is 2.52. The van der Waals surface area contributed by atoms with Crippen LogP contribution in [0.2, 0.25) is 0 Å². The highest BCUT2D eigenvalue weighted by molar-refractivity contribution is 5.76. The number of nitrogen functional groups attached to an aromatic ring is 1. The molecule has 0 aliphatic rings. The van der Waals surface area contributed by atoms with Gasteiger partial charge >= 0.3 is 0 Å². The first kappa shape index (κ1) is 17.0. The number of amides is 1. The fraction of sp³-hybridized carbons (Fsp3) is 0.316. The van der Waals surface area contributed by atoms with Crippen LogP contribution in [-0.2, 0) is 16.6 Å². The van der Waals surface area contributed by atoms with E-state index in [2.05, 4.69) is 5.32 Å². The lowest BCUT2D eigenvalue weighted by molar-refractivity contribution is -0.121. The Bertz CT molecular complexity index is 683. The summed E-state index contributed by atoms with van der Waals surface area (Å²) in [5.74, 6) is -0.304. The van der Waals surface area contributed by atoms with E-state index in [1.807, 2.05) is 38.1 Å². The second-order valence-electron chi connectivity index (χ2n) is 6.34. The number of para-hydroxylation sites is 1. The van der Waals surface area contributed by atoms with Gasteiger partial charge in [0.1, 0.15) is 5.82 Å². The standard InChI is InChI=1S/C19H23FN2O/c1-19(2,15-8-4-5-9-16(15)20)13-22-18(23)12-11-14-7-3-6-10-17(14)21/h3-10H,11-13,21H2,1-2H3,(H,22,23). The van der Waals surface area contributed by atoms with Crippen LogP contribution >= 0.6 is 0 Å². The van der Waals surface area contributed by atoms with Gasteiger partial charge in [-0.25, -0.2) is 4.39 Å². The molecule has 0 bridgehead atoms. The molecule has 2 aromatic carbocycles. The zero-order valence-electron chi connectivity index (χ0n) is 13.6. The maximum Gasteiger partial charge on any atom is 0.220 e. The zero-order chi connectivity index (χ0) is 16.9. The lowest BCUT2D eigenvalue weighted by Gasteiger charge is -2.26. The summed E-state index contributed by atoms with van der Waals surface area (Å²) in [6.07, 6.45) is 0.959. The Morgan fingerprint density at radius 1 is 1.13 bits per heavy atom. The van der Waals surface area contributed by atoms with Gasteiger partial charge in [-0.1, -0.05) is 50.2 Å². The van der Waals surface area contributed by atoms with Crippen molar-refractivity contribution in [2.24, 2.45) is 0 Å². The lowest BCUT2D eigenvalue weighted by Crippen LogP contribution is -2.37. The van der Waals surface area contributed by atoms with Crippen molar-refractivity contribution in [2.45, 2.75) is 32.1 Å². The van der Waals surface area contributed by atoms with Gasteiger partial charge in [0.2, 0.25) is 5.91 Å². The topological polar surface area (TPSA) is 55.1 Å². The number of benzene rings is 2. The van der Waals surface area contributed by atoms with Gasteiger partial charge in [0.05, 0.1) is 0 Å². The Kier molecular flexibility index (Phi) is 5.37. The van der Waals surface area contributed by atoms with E-state index in [9.17, 15) is 9.18 Å². The summed E-state index contributed by atoms with van der Waals surface area (Å²) in [6.45, 7) is 4.22. The van der Waals surface area contributed by atoms with Crippen LogP contribution in [-0.4, -0.2) is 12.5 Å². The van der Waals surface area contributed by atoms with E-state index in [1.165, 1.54) is 6.07 Å². The van der Waals surface area contributed by atoms with Crippen molar-refractivity contribution < 1.29 is 9.18 Å². The molecule has 1 amide bonds. The molecule has 0 aliphatic heterocycles. The first-order chi connectivity index (χ1) is 10.9. The monoisotopic (exact) mass is 314 g/mol. The molecule has 2 aromatic rings. The van der Waals surface area contributed by atoms with Crippen LogP contribution < -0.4 is 11.1 Å². The predicted molar refractivity (Wildman–Crippen MR) is 91.6 cm³/mol. The third-order valence-corrected chi connectivity index (χ3v) is 4.01. The van der Waals surface area contributed by atoms with Crippen molar-refractivity contribution in [3.05, 3.63) is 65.5 Å². The first-order valence-corrected chi connectivity index (χ1v) is 7.75. The molecule has 0 saturated carbocycles. The maximum absolute atomic E-state index is 13.9. The van der Waals surface area contributed by atoms with E-state index in [4.69, 9.17) is 5.73 Å². The normalized spacial score (nSPS) is 11.3. The van der Waals surface area contributed by atoms with Gasteiger partial charge in [-0.3, -0.25) is 4.79 Å². The van der Waals surface area contributed by atoms with E-state index < -0.39 is 5.41 Å². The molecule has 4 heteroatoms. The minimum absolute atomic E-state index is 0.0577. The Morgan fingerprint density at radius 2 is 1.78 bits per heavy atom. The second kappa shape index (κ2) is 7.27. The molecule has 122 valence electrons. The van der Waals surface area contributed by atoms with Crippen molar-refractivity contribution in [1.82, 2.24) is 5.32 Å². The zero-order valence-corrected chi connectivity index (χ0v) is 13.6. The van der Waals surface area contributed by atoms with Gasteiger partial charge in [0.25, 0.3) is 0 Å². The third-order valence-electron chi connectivity index (χ3n) is 4.01. The van der Waals surface area contributed by atoms with Crippen LogP contribution in [0.1, 0.15) is 31.4 Å². The van der Waals surface area contributed by atoms with Gasteiger partial charge in [-0.2, -0.15) is 0 Å². The number of halogens is 1. The SMILES string of the molecule is CC(C)(CNC(=O)CCc1ccccc1N)c1ccccc1F. The van der Waals surface area contributed by atoms with E-state index in [1.54, 1.807) is 18.2 Å². The summed E-state index contributed by atoms with van der Waals surface area (Å²) < 4.78 is 13.9. The number of hydrogen-bond acceptors (Lipinski definition) is 2. The van der Waals surface area contributed by atoms with E-state index >= 15 is 0 Å². The van der Waals surface area contributed by atoms with Gasteiger partial charge < -0.3 is 11.1 Å². The smallest absolute Gasteiger partial charge is 0.220 e. The van der Waals surface area contributed by atoms with E-state index in [0.717, 1.165) is 5.56 Å². The largest absolute Gasteiger partial charge is 0.399 e. The quantitative estimate of drug-likeness (QED) is 0.803. The van der Waals surface area contributed by atoms with E-state index in [-0.39, 0.29) is 11.7 Å². The van der Waals surface area contributed by atoms with E-state index in [0.29, 0.717) is 30.6 Å².